The summed E-state index contributed by atoms with van der Waals surface area (Å²) in [6.07, 6.45) is 13.1. The molecule has 2 saturated carbocycles. The number of hydrogen-bond acceptors (Lipinski definition) is 2. The second kappa shape index (κ2) is 5.62. The van der Waals surface area contributed by atoms with Crippen LogP contribution in [0.1, 0.15) is 64.2 Å². The molecule has 0 aromatic rings. The van der Waals surface area contributed by atoms with Crippen molar-refractivity contribution >= 4 is 0 Å². The Balaban J connectivity index is 1.91. The van der Waals surface area contributed by atoms with Crippen molar-refractivity contribution in [2.24, 2.45) is 17.0 Å². The summed E-state index contributed by atoms with van der Waals surface area (Å²) < 4.78 is 0. The standard InChI is InChI=1S/C13H23NO/c15-14-13(11-7-3-1-4-8-11)12-9-5-2-6-10-12/h11-13H,1-10H2. The van der Waals surface area contributed by atoms with Crippen molar-refractivity contribution in [3.8, 4) is 0 Å². The zero-order chi connectivity index (χ0) is 10.5. The maximum Gasteiger partial charge on any atom is 0.0975 e. The molecule has 2 aliphatic rings. The molecule has 0 aromatic carbocycles. The van der Waals surface area contributed by atoms with E-state index in [4.69, 9.17) is 0 Å². The molecule has 0 bridgehead atoms. The zero-order valence-electron chi connectivity index (χ0n) is 9.66. The van der Waals surface area contributed by atoms with Gasteiger partial charge in [-0.05, 0) is 37.5 Å². The number of rotatable bonds is 3. The van der Waals surface area contributed by atoms with E-state index in [9.17, 15) is 4.91 Å². The lowest BCUT2D eigenvalue weighted by molar-refractivity contribution is 0.205. The van der Waals surface area contributed by atoms with E-state index >= 15 is 0 Å². The van der Waals surface area contributed by atoms with E-state index in [0.717, 1.165) is 0 Å². The zero-order valence-corrected chi connectivity index (χ0v) is 9.66. The van der Waals surface area contributed by atoms with Gasteiger partial charge in [-0.15, -0.1) is 0 Å². The van der Waals surface area contributed by atoms with Crippen LogP contribution in [0.25, 0.3) is 0 Å². The molecule has 0 spiro atoms. The molecule has 2 nitrogen and oxygen atoms in total. The van der Waals surface area contributed by atoms with Crippen molar-refractivity contribution in [3.05, 3.63) is 4.91 Å². The second-order valence-electron chi connectivity index (χ2n) is 5.39. The molecule has 0 aliphatic heterocycles. The molecule has 0 unspecified atom stereocenters. The van der Waals surface area contributed by atoms with E-state index in [1.54, 1.807) is 0 Å². The van der Waals surface area contributed by atoms with Crippen LogP contribution in [0.15, 0.2) is 5.18 Å². The minimum absolute atomic E-state index is 0.158. The average Bonchev–Trinajstić information content (AvgIpc) is 2.33. The van der Waals surface area contributed by atoms with Crippen molar-refractivity contribution < 1.29 is 0 Å². The largest absolute Gasteiger partial charge is 0.150 e. The van der Waals surface area contributed by atoms with Crippen LogP contribution in [0.2, 0.25) is 0 Å². The Morgan fingerprint density at radius 2 is 1.13 bits per heavy atom. The van der Waals surface area contributed by atoms with Gasteiger partial charge in [-0.1, -0.05) is 43.7 Å². The highest BCUT2D eigenvalue weighted by molar-refractivity contribution is 4.86. The first kappa shape index (κ1) is 11.1. The van der Waals surface area contributed by atoms with Crippen LogP contribution >= 0.6 is 0 Å². The summed E-state index contributed by atoms with van der Waals surface area (Å²) in [4.78, 5) is 11.1. The van der Waals surface area contributed by atoms with Gasteiger partial charge < -0.3 is 0 Å². The average molecular weight is 209 g/mol. The van der Waals surface area contributed by atoms with E-state index in [0.29, 0.717) is 11.8 Å². The van der Waals surface area contributed by atoms with E-state index < -0.39 is 0 Å². The molecule has 0 heterocycles. The fraction of sp³-hybridized carbons (Fsp3) is 1.00. The summed E-state index contributed by atoms with van der Waals surface area (Å²) in [5.74, 6) is 1.25. The molecule has 2 fully saturated rings. The summed E-state index contributed by atoms with van der Waals surface area (Å²) in [5, 5.41) is 3.49. The van der Waals surface area contributed by atoms with E-state index in [1.807, 2.05) is 0 Å². The van der Waals surface area contributed by atoms with Gasteiger partial charge in [0.1, 0.15) is 0 Å². The van der Waals surface area contributed by atoms with Gasteiger partial charge in [-0.2, -0.15) is 4.91 Å². The molecular weight excluding hydrogens is 186 g/mol. The lowest BCUT2D eigenvalue weighted by Gasteiger charge is -2.33. The minimum Gasteiger partial charge on any atom is -0.150 e. The third kappa shape index (κ3) is 2.79. The van der Waals surface area contributed by atoms with Crippen LogP contribution in [-0.2, 0) is 0 Å². The molecule has 0 saturated heterocycles. The number of hydrogen-bond donors (Lipinski definition) is 0. The monoisotopic (exact) mass is 209 g/mol. The van der Waals surface area contributed by atoms with Gasteiger partial charge in [0, 0.05) is 0 Å². The van der Waals surface area contributed by atoms with Crippen molar-refractivity contribution in [2.75, 3.05) is 0 Å². The van der Waals surface area contributed by atoms with Gasteiger partial charge in [0.05, 0.1) is 6.04 Å². The molecule has 0 radical (unpaired) electrons. The first-order chi connectivity index (χ1) is 7.42. The Kier molecular flexibility index (Phi) is 4.16. The van der Waals surface area contributed by atoms with Crippen LogP contribution < -0.4 is 0 Å². The summed E-state index contributed by atoms with van der Waals surface area (Å²) in [6, 6.07) is 0.158. The molecule has 0 atom stereocenters. The molecule has 0 aromatic heterocycles. The fourth-order valence-corrected chi connectivity index (χ4v) is 3.51. The third-order valence-corrected chi connectivity index (χ3v) is 4.39. The smallest absolute Gasteiger partial charge is 0.0975 e. The topological polar surface area (TPSA) is 29.4 Å². The first-order valence-corrected chi connectivity index (χ1v) is 6.74. The summed E-state index contributed by atoms with van der Waals surface area (Å²) in [6.45, 7) is 0. The lowest BCUT2D eigenvalue weighted by atomic mass is 9.74. The maximum absolute atomic E-state index is 11.1. The highest BCUT2D eigenvalue weighted by Crippen LogP contribution is 2.37. The van der Waals surface area contributed by atoms with Crippen LogP contribution in [-0.4, -0.2) is 6.04 Å². The molecular formula is C13H23NO. The Morgan fingerprint density at radius 3 is 1.47 bits per heavy atom. The molecule has 2 heteroatoms. The molecule has 2 rings (SSSR count). The van der Waals surface area contributed by atoms with Gasteiger partial charge in [0.2, 0.25) is 0 Å². The van der Waals surface area contributed by atoms with Crippen molar-refractivity contribution in [3.63, 3.8) is 0 Å². The summed E-state index contributed by atoms with van der Waals surface area (Å²) >= 11 is 0. The van der Waals surface area contributed by atoms with Gasteiger partial charge in [0.25, 0.3) is 0 Å². The van der Waals surface area contributed by atoms with Crippen molar-refractivity contribution in [1.82, 2.24) is 0 Å². The maximum atomic E-state index is 11.1. The predicted molar refractivity (Wildman–Crippen MR) is 62.7 cm³/mol. The third-order valence-electron chi connectivity index (χ3n) is 4.39. The van der Waals surface area contributed by atoms with Gasteiger partial charge in [-0.3, -0.25) is 0 Å². The highest BCUT2D eigenvalue weighted by Gasteiger charge is 2.32. The lowest BCUT2D eigenvalue weighted by Crippen LogP contribution is -2.30. The first-order valence-electron chi connectivity index (χ1n) is 6.74. The quantitative estimate of drug-likeness (QED) is 0.638. The second-order valence-corrected chi connectivity index (χ2v) is 5.39. The summed E-state index contributed by atoms with van der Waals surface area (Å²) in [7, 11) is 0. The van der Waals surface area contributed by atoms with Gasteiger partial charge in [-0.25, -0.2) is 0 Å². The van der Waals surface area contributed by atoms with Crippen LogP contribution in [0.3, 0.4) is 0 Å². The Bertz CT molecular complexity index is 175. The van der Waals surface area contributed by atoms with E-state index in [2.05, 4.69) is 5.18 Å². The fourth-order valence-electron chi connectivity index (χ4n) is 3.51. The Morgan fingerprint density at radius 1 is 0.733 bits per heavy atom. The normalized spacial score (nSPS) is 25.7. The number of nitroso groups, excluding NO2 is 1. The number of nitrogens with zero attached hydrogens (tertiary/aromatic N) is 1. The van der Waals surface area contributed by atoms with Crippen LogP contribution in [0.5, 0.6) is 0 Å². The van der Waals surface area contributed by atoms with E-state index in [-0.39, 0.29) is 6.04 Å². The van der Waals surface area contributed by atoms with Crippen LogP contribution in [0.4, 0.5) is 0 Å². The van der Waals surface area contributed by atoms with E-state index in [1.165, 1.54) is 64.2 Å². The molecule has 15 heavy (non-hydrogen) atoms. The minimum atomic E-state index is 0.158. The molecule has 86 valence electrons. The van der Waals surface area contributed by atoms with Gasteiger partial charge >= 0.3 is 0 Å². The SMILES string of the molecule is O=NC(C1CCCCC1)C1CCCCC1. The van der Waals surface area contributed by atoms with Gasteiger partial charge in [0.15, 0.2) is 0 Å². The Labute approximate surface area is 92.8 Å². The molecule has 0 N–H and O–H groups in total. The molecule has 0 amide bonds. The van der Waals surface area contributed by atoms with Crippen LogP contribution in [0, 0.1) is 16.7 Å². The van der Waals surface area contributed by atoms with Crippen molar-refractivity contribution in [1.29, 1.82) is 0 Å². The highest BCUT2D eigenvalue weighted by atomic mass is 16.3. The molecule has 2 aliphatic carbocycles. The predicted octanol–water partition coefficient (Wildman–Crippen LogP) is 4.28. The van der Waals surface area contributed by atoms with Crippen molar-refractivity contribution in [2.45, 2.75) is 70.3 Å². The Hall–Kier alpha value is -0.400. The summed E-state index contributed by atoms with van der Waals surface area (Å²) in [5.41, 5.74) is 0.